The van der Waals surface area contributed by atoms with Crippen molar-refractivity contribution in [2.75, 3.05) is 13.2 Å². The number of carbonyl (C=O) groups is 1. The lowest BCUT2D eigenvalue weighted by molar-refractivity contribution is -0.122. The van der Waals surface area contributed by atoms with Gasteiger partial charge in [0.05, 0.1) is 12.7 Å². The van der Waals surface area contributed by atoms with Crippen LogP contribution in [-0.2, 0) is 9.53 Å². The summed E-state index contributed by atoms with van der Waals surface area (Å²) in [4.78, 5) is 11.1. The first-order valence-corrected chi connectivity index (χ1v) is 5.88. The highest BCUT2D eigenvalue weighted by Gasteiger charge is 2.20. The SMILES string of the molecule is CCCNC(COC1CCCC1)C(N)=O. The second-order valence-electron chi connectivity index (χ2n) is 4.15. The van der Waals surface area contributed by atoms with Crippen LogP contribution in [0, 0.1) is 0 Å². The lowest BCUT2D eigenvalue weighted by Gasteiger charge is -2.18. The predicted octanol–water partition coefficient (Wildman–Crippen LogP) is 0.799. The molecule has 15 heavy (non-hydrogen) atoms. The Morgan fingerprint density at radius 1 is 1.53 bits per heavy atom. The summed E-state index contributed by atoms with van der Waals surface area (Å²) in [5.74, 6) is -0.318. The molecule has 0 aromatic carbocycles. The van der Waals surface area contributed by atoms with Gasteiger partial charge in [0.15, 0.2) is 0 Å². The summed E-state index contributed by atoms with van der Waals surface area (Å²) in [6, 6.07) is -0.328. The molecule has 1 rings (SSSR count). The van der Waals surface area contributed by atoms with Crippen LogP contribution in [0.25, 0.3) is 0 Å². The van der Waals surface area contributed by atoms with Gasteiger partial charge < -0.3 is 15.8 Å². The van der Waals surface area contributed by atoms with Gasteiger partial charge in [0.1, 0.15) is 6.04 Å². The first-order valence-electron chi connectivity index (χ1n) is 5.88. The molecule has 0 aromatic rings. The largest absolute Gasteiger partial charge is 0.376 e. The zero-order chi connectivity index (χ0) is 11.1. The van der Waals surface area contributed by atoms with Gasteiger partial charge in [-0.05, 0) is 25.8 Å². The number of hydrogen-bond acceptors (Lipinski definition) is 3. The molecule has 1 saturated carbocycles. The van der Waals surface area contributed by atoms with Crippen LogP contribution in [0.3, 0.4) is 0 Å². The highest BCUT2D eigenvalue weighted by Crippen LogP contribution is 2.20. The van der Waals surface area contributed by atoms with Crippen molar-refractivity contribution in [1.29, 1.82) is 0 Å². The average Bonchev–Trinajstić information content (AvgIpc) is 2.70. The fourth-order valence-electron chi connectivity index (χ4n) is 1.85. The van der Waals surface area contributed by atoms with Gasteiger partial charge in [-0.1, -0.05) is 19.8 Å². The lowest BCUT2D eigenvalue weighted by atomic mass is 10.2. The molecule has 1 atom stereocenters. The molecule has 1 fully saturated rings. The van der Waals surface area contributed by atoms with E-state index in [2.05, 4.69) is 12.2 Å². The van der Waals surface area contributed by atoms with E-state index in [0.29, 0.717) is 12.7 Å². The number of rotatable bonds is 7. The van der Waals surface area contributed by atoms with E-state index >= 15 is 0 Å². The van der Waals surface area contributed by atoms with E-state index < -0.39 is 0 Å². The number of primary amides is 1. The number of ether oxygens (including phenoxy) is 1. The van der Waals surface area contributed by atoms with Gasteiger partial charge in [-0.3, -0.25) is 4.79 Å². The second-order valence-corrected chi connectivity index (χ2v) is 4.15. The molecule has 4 nitrogen and oxygen atoms in total. The molecule has 0 spiro atoms. The van der Waals surface area contributed by atoms with E-state index in [9.17, 15) is 4.79 Å². The third-order valence-corrected chi connectivity index (χ3v) is 2.78. The van der Waals surface area contributed by atoms with Crippen LogP contribution in [-0.4, -0.2) is 31.2 Å². The van der Waals surface area contributed by atoms with Crippen LogP contribution in [0.5, 0.6) is 0 Å². The molecular weight excluding hydrogens is 192 g/mol. The Balaban J connectivity index is 2.20. The number of nitrogens with two attached hydrogens (primary N) is 1. The molecule has 0 radical (unpaired) electrons. The van der Waals surface area contributed by atoms with Gasteiger partial charge >= 0.3 is 0 Å². The minimum absolute atomic E-state index is 0.318. The number of hydrogen-bond donors (Lipinski definition) is 2. The maximum absolute atomic E-state index is 11.1. The molecule has 0 aromatic heterocycles. The summed E-state index contributed by atoms with van der Waals surface area (Å²) >= 11 is 0. The zero-order valence-electron chi connectivity index (χ0n) is 9.50. The molecule has 3 N–H and O–H groups in total. The maximum atomic E-state index is 11.1. The molecule has 0 aliphatic heterocycles. The monoisotopic (exact) mass is 214 g/mol. The Labute approximate surface area is 91.5 Å². The van der Waals surface area contributed by atoms with E-state index in [-0.39, 0.29) is 11.9 Å². The van der Waals surface area contributed by atoms with Gasteiger partial charge in [0.2, 0.25) is 5.91 Å². The molecule has 0 bridgehead atoms. The Kier molecular flexibility index (Phi) is 5.65. The lowest BCUT2D eigenvalue weighted by Crippen LogP contribution is -2.45. The summed E-state index contributed by atoms with van der Waals surface area (Å²) in [7, 11) is 0. The van der Waals surface area contributed by atoms with E-state index in [0.717, 1.165) is 25.8 Å². The number of nitrogens with one attached hydrogen (secondary N) is 1. The van der Waals surface area contributed by atoms with Crippen molar-refractivity contribution in [1.82, 2.24) is 5.32 Å². The molecule has 1 aliphatic rings. The standard InChI is InChI=1S/C11H22N2O2/c1-2-7-13-10(11(12)14)8-15-9-5-3-4-6-9/h9-10,13H,2-8H2,1H3,(H2,12,14). The Hall–Kier alpha value is -0.610. The summed E-state index contributed by atoms with van der Waals surface area (Å²) in [5.41, 5.74) is 5.28. The molecule has 0 saturated heterocycles. The smallest absolute Gasteiger partial charge is 0.236 e. The van der Waals surface area contributed by atoms with Crippen LogP contribution < -0.4 is 11.1 Å². The van der Waals surface area contributed by atoms with Crippen molar-refractivity contribution in [3.05, 3.63) is 0 Å². The average molecular weight is 214 g/mol. The highest BCUT2D eigenvalue weighted by molar-refractivity contribution is 5.79. The fraction of sp³-hybridized carbons (Fsp3) is 0.909. The minimum Gasteiger partial charge on any atom is -0.376 e. The zero-order valence-corrected chi connectivity index (χ0v) is 9.50. The Morgan fingerprint density at radius 2 is 2.20 bits per heavy atom. The molecule has 1 amide bonds. The Morgan fingerprint density at radius 3 is 2.73 bits per heavy atom. The van der Waals surface area contributed by atoms with E-state index in [1.165, 1.54) is 12.8 Å². The highest BCUT2D eigenvalue weighted by atomic mass is 16.5. The second kappa shape index (κ2) is 6.80. The third-order valence-electron chi connectivity index (χ3n) is 2.78. The molecular formula is C11H22N2O2. The first-order chi connectivity index (χ1) is 7.24. The number of carbonyl (C=O) groups excluding carboxylic acids is 1. The van der Waals surface area contributed by atoms with E-state index in [1.54, 1.807) is 0 Å². The Bertz CT molecular complexity index is 191. The normalized spacial score (nSPS) is 19.3. The van der Waals surface area contributed by atoms with Gasteiger partial charge in [-0.15, -0.1) is 0 Å². The fourth-order valence-corrected chi connectivity index (χ4v) is 1.85. The van der Waals surface area contributed by atoms with Gasteiger partial charge in [-0.25, -0.2) is 0 Å². The van der Waals surface area contributed by atoms with E-state index in [1.807, 2.05) is 0 Å². The van der Waals surface area contributed by atoms with Crippen molar-refractivity contribution in [3.63, 3.8) is 0 Å². The van der Waals surface area contributed by atoms with Crippen LogP contribution in [0.4, 0.5) is 0 Å². The molecule has 1 aliphatic carbocycles. The van der Waals surface area contributed by atoms with Crippen molar-refractivity contribution in [3.8, 4) is 0 Å². The van der Waals surface area contributed by atoms with Gasteiger partial charge in [0, 0.05) is 0 Å². The molecule has 4 heteroatoms. The number of amides is 1. The summed E-state index contributed by atoms with van der Waals surface area (Å²) in [5, 5.41) is 3.09. The molecule has 0 heterocycles. The predicted molar refractivity (Wildman–Crippen MR) is 59.5 cm³/mol. The summed E-state index contributed by atoms with van der Waals surface area (Å²) in [6.07, 6.45) is 6.07. The van der Waals surface area contributed by atoms with Crippen molar-refractivity contribution in [2.24, 2.45) is 5.73 Å². The van der Waals surface area contributed by atoms with Crippen LogP contribution in [0.1, 0.15) is 39.0 Å². The van der Waals surface area contributed by atoms with Crippen molar-refractivity contribution >= 4 is 5.91 Å². The topological polar surface area (TPSA) is 64.3 Å². The van der Waals surface area contributed by atoms with Crippen LogP contribution >= 0.6 is 0 Å². The minimum atomic E-state index is -0.328. The summed E-state index contributed by atoms with van der Waals surface area (Å²) < 4.78 is 5.66. The molecule has 88 valence electrons. The van der Waals surface area contributed by atoms with Crippen molar-refractivity contribution < 1.29 is 9.53 Å². The third kappa shape index (κ3) is 4.62. The van der Waals surface area contributed by atoms with Gasteiger partial charge in [0.25, 0.3) is 0 Å². The van der Waals surface area contributed by atoms with E-state index in [4.69, 9.17) is 10.5 Å². The first kappa shape index (κ1) is 12.5. The van der Waals surface area contributed by atoms with Crippen LogP contribution in [0.15, 0.2) is 0 Å². The van der Waals surface area contributed by atoms with Crippen LogP contribution in [0.2, 0.25) is 0 Å². The van der Waals surface area contributed by atoms with Crippen molar-refractivity contribution in [2.45, 2.75) is 51.2 Å². The quantitative estimate of drug-likeness (QED) is 0.659. The maximum Gasteiger partial charge on any atom is 0.236 e. The van der Waals surface area contributed by atoms with Gasteiger partial charge in [-0.2, -0.15) is 0 Å². The molecule has 1 unspecified atom stereocenters. The summed E-state index contributed by atoms with van der Waals surface area (Å²) in [6.45, 7) is 3.28.